The monoisotopic (exact) mass is 439 g/mol. The van der Waals surface area contributed by atoms with Crippen molar-refractivity contribution in [3.8, 4) is 11.6 Å². The van der Waals surface area contributed by atoms with Crippen molar-refractivity contribution in [1.82, 2.24) is 15.2 Å². The number of ether oxygens (including phenoxy) is 1. The number of hydrogen-bond donors (Lipinski definition) is 2. The topological polar surface area (TPSA) is 126 Å². The maximum Gasteiger partial charge on any atom is 0.322 e. The molecule has 1 aliphatic rings. The number of nitrogens with zero attached hydrogens (tertiary/aromatic N) is 2. The summed E-state index contributed by atoms with van der Waals surface area (Å²) in [6.07, 6.45) is 1.60. The largest absolute Gasteiger partial charge is 0.480 e. The van der Waals surface area contributed by atoms with Gasteiger partial charge in [-0.1, -0.05) is 32.0 Å². The summed E-state index contributed by atoms with van der Waals surface area (Å²) in [5.41, 5.74) is 1.92. The van der Waals surface area contributed by atoms with Crippen LogP contribution in [-0.4, -0.2) is 51.6 Å². The molecule has 1 unspecified atom stereocenters. The highest BCUT2D eigenvalue weighted by molar-refractivity contribution is 6.19. The number of benzene rings is 1. The molecule has 1 aliphatic heterocycles. The zero-order valence-corrected chi connectivity index (χ0v) is 17.9. The van der Waals surface area contributed by atoms with E-state index >= 15 is 0 Å². The highest BCUT2D eigenvalue weighted by atomic mass is 16.5. The lowest BCUT2D eigenvalue weighted by Gasteiger charge is -2.30. The summed E-state index contributed by atoms with van der Waals surface area (Å²) in [6, 6.07) is 11.2. The lowest BCUT2D eigenvalue weighted by Crippen LogP contribution is -2.52. The summed E-state index contributed by atoms with van der Waals surface area (Å²) >= 11 is 0. The molecular weight excluding hydrogens is 414 g/mol. The van der Waals surface area contributed by atoms with Crippen molar-refractivity contribution in [2.45, 2.75) is 32.7 Å². The van der Waals surface area contributed by atoms with E-state index in [4.69, 9.17) is 9.84 Å². The van der Waals surface area contributed by atoms with Gasteiger partial charge in [-0.3, -0.25) is 19.2 Å². The predicted octanol–water partition coefficient (Wildman–Crippen LogP) is 2.12. The molecule has 0 spiro atoms. The number of Topliss-reactive ketones (excluding diaryl/α,β-unsaturated/α-hetero) is 1. The molecule has 1 aromatic carbocycles. The number of carbonyl (C=O) groups excluding carboxylic acids is 3. The van der Waals surface area contributed by atoms with Gasteiger partial charge in [0.2, 0.25) is 17.7 Å². The van der Waals surface area contributed by atoms with Gasteiger partial charge in [0.05, 0.1) is 0 Å². The number of pyridine rings is 1. The number of carbonyl (C=O) groups is 4. The number of carboxylic acid groups (broad SMARTS) is 1. The van der Waals surface area contributed by atoms with E-state index in [0.29, 0.717) is 23.1 Å². The number of hydrogen-bond acceptors (Lipinski definition) is 6. The van der Waals surface area contributed by atoms with Crippen LogP contribution in [0.2, 0.25) is 0 Å². The third-order valence-corrected chi connectivity index (χ3v) is 5.12. The Kier molecular flexibility index (Phi) is 7.19. The Morgan fingerprint density at radius 3 is 2.50 bits per heavy atom. The van der Waals surface area contributed by atoms with E-state index in [1.165, 1.54) is 10.5 Å². The second-order valence-electron chi connectivity index (χ2n) is 7.85. The molecule has 0 saturated carbocycles. The van der Waals surface area contributed by atoms with Gasteiger partial charge in [-0.05, 0) is 29.2 Å². The molecule has 1 aromatic heterocycles. The maximum absolute atomic E-state index is 12.7. The van der Waals surface area contributed by atoms with Gasteiger partial charge in [-0.2, -0.15) is 0 Å². The number of ketones is 1. The van der Waals surface area contributed by atoms with Gasteiger partial charge < -0.3 is 20.1 Å². The van der Waals surface area contributed by atoms with Crippen molar-refractivity contribution in [1.29, 1.82) is 0 Å². The normalized spacial score (nSPS) is 16.2. The molecule has 9 heteroatoms. The first-order chi connectivity index (χ1) is 15.2. The highest BCUT2D eigenvalue weighted by Gasteiger charge is 2.40. The van der Waals surface area contributed by atoms with E-state index in [-0.39, 0.29) is 19.5 Å². The number of aromatic nitrogens is 1. The molecule has 1 saturated heterocycles. The van der Waals surface area contributed by atoms with Gasteiger partial charge in [-0.25, -0.2) is 4.98 Å². The Morgan fingerprint density at radius 1 is 1.19 bits per heavy atom. The summed E-state index contributed by atoms with van der Waals surface area (Å²) in [5, 5.41) is 10.8. The second-order valence-corrected chi connectivity index (χ2v) is 7.85. The highest BCUT2D eigenvalue weighted by Crippen LogP contribution is 2.23. The molecule has 3 rings (SSSR count). The van der Waals surface area contributed by atoms with Gasteiger partial charge in [0.25, 0.3) is 0 Å². The predicted molar refractivity (Wildman–Crippen MR) is 114 cm³/mol. The molecule has 1 fully saturated rings. The summed E-state index contributed by atoms with van der Waals surface area (Å²) in [5.74, 6) is -3.34. The Morgan fingerprint density at radius 2 is 1.91 bits per heavy atom. The second kappa shape index (κ2) is 10.0. The Labute approximate surface area is 185 Å². The van der Waals surface area contributed by atoms with Crippen molar-refractivity contribution in [3.05, 3.63) is 53.7 Å². The van der Waals surface area contributed by atoms with Crippen LogP contribution in [0.15, 0.2) is 42.6 Å². The third kappa shape index (κ3) is 5.69. The number of carboxylic acids is 1. The van der Waals surface area contributed by atoms with Crippen LogP contribution in [-0.2, 0) is 25.7 Å². The fourth-order valence-electron chi connectivity index (χ4n) is 3.33. The van der Waals surface area contributed by atoms with E-state index in [1.54, 1.807) is 18.3 Å². The summed E-state index contributed by atoms with van der Waals surface area (Å²) in [6.45, 7) is 3.93. The molecule has 0 bridgehead atoms. The van der Waals surface area contributed by atoms with Gasteiger partial charge in [0.1, 0.15) is 12.3 Å². The van der Waals surface area contributed by atoms with Crippen LogP contribution in [0.4, 0.5) is 0 Å². The number of amides is 2. The molecule has 2 heterocycles. The molecule has 32 heavy (non-hydrogen) atoms. The van der Waals surface area contributed by atoms with Crippen molar-refractivity contribution in [2.24, 2.45) is 5.92 Å². The number of nitrogens with one attached hydrogen (secondary N) is 1. The standard InChI is InChI=1S/C23H25N3O6/c1-14(2)16-4-6-17(7-5-16)32-19-8-3-15(11-24-19)13-26-10-9-18(27)21(23(26)31)22(30)25-12-20(28)29/h3-8,11,14,21H,9-10,12-13H2,1-2H3,(H,25,30)(H,28,29). The van der Waals surface area contributed by atoms with Gasteiger partial charge in [-0.15, -0.1) is 0 Å². The smallest absolute Gasteiger partial charge is 0.322 e. The van der Waals surface area contributed by atoms with Crippen LogP contribution in [0.25, 0.3) is 0 Å². The van der Waals surface area contributed by atoms with Crippen LogP contribution >= 0.6 is 0 Å². The first kappa shape index (κ1) is 22.9. The molecule has 9 nitrogen and oxygen atoms in total. The minimum Gasteiger partial charge on any atom is -0.480 e. The van der Waals surface area contributed by atoms with E-state index in [0.717, 1.165) is 0 Å². The van der Waals surface area contributed by atoms with E-state index in [2.05, 4.69) is 24.1 Å². The van der Waals surface area contributed by atoms with E-state index in [9.17, 15) is 19.2 Å². The molecular formula is C23H25N3O6. The zero-order chi connectivity index (χ0) is 23.3. The Bertz CT molecular complexity index is 1000. The lowest BCUT2D eigenvalue weighted by molar-refractivity contribution is -0.152. The first-order valence-electron chi connectivity index (χ1n) is 10.3. The first-order valence-corrected chi connectivity index (χ1v) is 10.3. The van der Waals surface area contributed by atoms with Gasteiger partial charge in [0, 0.05) is 31.8 Å². The van der Waals surface area contributed by atoms with Crippen LogP contribution in [0.5, 0.6) is 11.6 Å². The molecule has 2 aromatic rings. The van der Waals surface area contributed by atoms with Crippen LogP contribution in [0.3, 0.4) is 0 Å². The number of rotatable bonds is 8. The maximum atomic E-state index is 12.7. The minimum absolute atomic E-state index is 0.0257. The summed E-state index contributed by atoms with van der Waals surface area (Å²) in [7, 11) is 0. The average Bonchev–Trinajstić information content (AvgIpc) is 2.76. The van der Waals surface area contributed by atoms with Crippen molar-refractivity contribution < 1.29 is 29.0 Å². The molecule has 2 amide bonds. The molecule has 0 aliphatic carbocycles. The van der Waals surface area contributed by atoms with E-state index < -0.39 is 36.0 Å². The van der Waals surface area contributed by atoms with Gasteiger partial charge >= 0.3 is 5.97 Å². The third-order valence-electron chi connectivity index (χ3n) is 5.12. The Balaban J connectivity index is 1.61. The Hall–Kier alpha value is -3.75. The van der Waals surface area contributed by atoms with E-state index in [1.807, 2.05) is 24.3 Å². The van der Waals surface area contributed by atoms with Crippen LogP contribution in [0.1, 0.15) is 37.3 Å². The summed E-state index contributed by atoms with van der Waals surface area (Å²) in [4.78, 5) is 53.2. The quantitative estimate of drug-likeness (QED) is 0.603. The van der Waals surface area contributed by atoms with Crippen LogP contribution in [0, 0.1) is 5.92 Å². The molecule has 168 valence electrons. The molecule has 0 radical (unpaired) electrons. The SMILES string of the molecule is CC(C)c1ccc(Oc2ccc(CN3CCC(=O)C(C(=O)NCC(=O)O)C3=O)cn2)cc1. The van der Waals surface area contributed by atoms with Gasteiger partial charge in [0.15, 0.2) is 11.7 Å². The number of piperidine rings is 1. The molecule has 1 atom stereocenters. The number of aliphatic carboxylic acids is 1. The van der Waals surface area contributed by atoms with Crippen molar-refractivity contribution >= 4 is 23.6 Å². The fraction of sp³-hybridized carbons (Fsp3) is 0.348. The number of likely N-dealkylation sites (tertiary alicyclic amines) is 1. The fourth-order valence-corrected chi connectivity index (χ4v) is 3.33. The average molecular weight is 439 g/mol. The minimum atomic E-state index is -1.52. The van der Waals surface area contributed by atoms with Crippen molar-refractivity contribution in [3.63, 3.8) is 0 Å². The zero-order valence-electron chi connectivity index (χ0n) is 17.9. The summed E-state index contributed by atoms with van der Waals surface area (Å²) < 4.78 is 5.75. The molecule has 2 N–H and O–H groups in total. The lowest BCUT2D eigenvalue weighted by atomic mass is 9.94. The van der Waals surface area contributed by atoms with Crippen LogP contribution < -0.4 is 10.1 Å². The van der Waals surface area contributed by atoms with Crippen molar-refractivity contribution in [2.75, 3.05) is 13.1 Å².